The summed E-state index contributed by atoms with van der Waals surface area (Å²) >= 11 is 18.8. The van der Waals surface area contributed by atoms with E-state index in [9.17, 15) is 19.5 Å². The first kappa shape index (κ1) is 35.0. The average molecular weight is 773 g/mol. The number of nitrogens with zero attached hydrogens (tertiary/aromatic N) is 2. The van der Waals surface area contributed by atoms with Crippen LogP contribution in [0.1, 0.15) is 29.9 Å². The molecule has 53 heavy (non-hydrogen) atoms. The summed E-state index contributed by atoms with van der Waals surface area (Å²) in [5.74, 6) is -5.05. The van der Waals surface area contributed by atoms with Gasteiger partial charge in [-0.3, -0.25) is 29.5 Å². The van der Waals surface area contributed by atoms with Crippen LogP contribution in [-0.4, -0.2) is 48.0 Å². The van der Waals surface area contributed by atoms with Crippen LogP contribution in [0.25, 0.3) is 0 Å². The van der Waals surface area contributed by atoms with Crippen molar-refractivity contribution in [1.29, 1.82) is 0 Å². The summed E-state index contributed by atoms with van der Waals surface area (Å²) in [7, 11) is 3.00. The van der Waals surface area contributed by atoms with Crippen molar-refractivity contribution in [3.63, 3.8) is 0 Å². The molecule has 0 unspecified atom stereocenters. The number of methoxy groups -OCH3 is 2. The Balaban J connectivity index is 1.35. The van der Waals surface area contributed by atoms with Gasteiger partial charge in [0.2, 0.25) is 11.8 Å². The molecule has 0 aromatic heterocycles. The number of fused-ring (bicyclic) bond motifs is 4. The highest BCUT2D eigenvalue weighted by Crippen LogP contribution is 2.65. The van der Waals surface area contributed by atoms with Crippen LogP contribution in [0.4, 0.5) is 11.4 Å². The topological polar surface area (TPSA) is 125 Å². The maximum Gasteiger partial charge on any atom is 0.260 e. The number of phenols is 1. The van der Waals surface area contributed by atoms with Crippen molar-refractivity contribution in [3.8, 4) is 17.2 Å². The van der Waals surface area contributed by atoms with Crippen LogP contribution < -0.4 is 19.8 Å². The zero-order chi connectivity index (χ0) is 37.3. The summed E-state index contributed by atoms with van der Waals surface area (Å²) in [5, 5.41) is 12.6. The number of phenolic OH excluding ortho intramolecular Hbond substituents is 1. The van der Waals surface area contributed by atoms with Crippen molar-refractivity contribution in [1.82, 2.24) is 5.01 Å². The number of carbonyl (C=O) groups excluding carboxylic acids is 4. The Labute approximate surface area is 319 Å². The molecule has 2 aliphatic heterocycles. The van der Waals surface area contributed by atoms with E-state index in [1.807, 2.05) is 6.08 Å². The van der Waals surface area contributed by atoms with Gasteiger partial charge in [-0.25, -0.2) is 0 Å². The van der Waals surface area contributed by atoms with Gasteiger partial charge in [0, 0.05) is 27.6 Å². The molecule has 8 rings (SSSR count). The number of hydrogen-bond donors (Lipinski definition) is 2. The minimum Gasteiger partial charge on any atom is -0.508 e. The molecule has 0 spiro atoms. The molecule has 10 nitrogen and oxygen atoms in total. The molecule has 0 radical (unpaired) electrons. The fourth-order valence-corrected chi connectivity index (χ4v) is 9.55. The van der Waals surface area contributed by atoms with E-state index >= 15 is 4.79 Å². The van der Waals surface area contributed by atoms with Crippen LogP contribution in [0.2, 0.25) is 15.1 Å². The summed E-state index contributed by atoms with van der Waals surface area (Å²) in [5.41, 5.74) is 3.88. The summed E-state index contributed by atoms with van der Waals surface area (Å²) < 4.78 is 11.3. The molecule has 13 heteroatoms. The highest BCUT2D eigenvalue weighted by atomic mass is 35.5. The van der Waals surface area contributed by atoms with Gasteiger partial charge in [0.25, 0.3) is 11.8 Å². The minimum absolute atomic E-state index is 0.0598. The second kappa shape index (κ2) is 13.1. The Hall–Kier alpha value is -5.03. The van der Waals surface area contributed by atoms with E-state index in [2.05, 4.69) is 5.43 Å². The molecule has 2 N–H and O–H groups in total. The quantitative estimate of drug-likeness (QED) is 0.146. The third-order valence-electron chi connectivity index (χ3n) is 11.2. The number of nitrogens with one attached hydrogen (secondary N) is 1. The predicted octanol–water partition coefficient (Wildman–Crippen LogP) is 7.56. The van der Waals surface area contributed by atoms with Gasteiger partial charge in [0.05, 0.1) is 53.8 Å². The van der Waals surface area contributed by atoms with Gasteiger partial charge in [-0.05, 0) is 85.0 Å². The van der Waals surface area contributed by atoms with Crippen molar-refractivity contribution in [2.45, 2.75) is 24.2 Å². The second-order valence-corrected chi connectivity index (χ2v) is 14.9. The number of halogens is 3. The molecule has 4 amide bonds. The van der Waals surface area contributed by atoms with Gasteiger partial charge < -0.3 is 14.6 Å². The first-order valence-electron chi connectivity index (χ1n) is 16.9. The monoisotopic (exact) mass is 771 g/mol. The van der Waals surface area contributed by atoms with Gasteiger partial charge in [0.1, 0.15) is 17.2 Å². The fraction of sp³-hybridized carbons (Fsp3) is 0.250. The molecule has 2 heterocycles. The third kappa shape index (κ3) is 5.29. The van der Waals surface area contributed by atoms with E-state index in [4.69, 9.17) is 44.3 Å². The van der Waals surface area contributed by atoms with Gasteiger partial charge in [-0.1, -0.05) is 64.7 Å². The van der Waals surface area contributed by atoms with Crippen molar-refractivity contribution >= 4 is 69.8 Å². The maximum atomic E-state index is 15.4. The number of carbonyl (C=O) groups is 4. The van der Waals surface area contributed by atoms with E-state index in [0.29, 0.717) is 32.6 Å². The first-order valence-corrected chi connectivity index (χ1v) is 18.1. The maximum absolute atomic E-state index is 15.4. The van der Waals surface area contributed by atoms with Crippen molar-refractivity contribution < 1.29 is 33.8 Å². The summed E-state index contributed by atoms with van der Waals surface area (Å²) in [6.07, 6.45) is 2.27. The number of rotatable bonds is 7. The van der Waals surface area contributed by atoms with Crippen LogP contribution >= 0.6 is 34.8 Å². The SMILES string of the molecule is COc1ccc([C@@]23C(=O)N(Nc4ccc(Cl)cc4Cl)C(=O)[C@@H]2C[C@@H]2C(=CC[C@@H]4C(=O)N(c5ccc(Cl)cc5)C(=O)[C@@H]42)[C@@H]3c2ccc(O)cc2OC)cc1. The molecule has 0 bridgehead atoms. The number of ether oxygens (including phenoxy) is 2. The first-order chi connectivity index (χ1) is 25.5. The number of amides is 4. The van der Waals surface area contributed by atoms with E-state index in [1.54, 1.807) is 66.7 Å². The lowest BCUT2D eigenvalue weighted by molar-refractivity contribution is -0.138. The number of benzene rings is 4. The molecule has 6 atom stereocenters. The smallest absolute Gasteiger partial charge is 0.260 e. The summed E-state index contributed by atoms with van der Waals surface area (Å²) in [6, 6.07) is 22.8. The Kier molecular flexibility index (Phi) is 8.67. The Morgan fingerprint density at radius 3 is 2.19 bits per heavy atom. The zero-order valence-corrected chi connectivity index (χ0v) is 30.7. The van der Waals surface area contributed by atoms with E-state index < -0.39 is 46.8 Å². The van der Waals surface area contributed by atoms with Crippen LogP contribution in [0, 0.1) is 23.7 Å². The Morgan fingerprint density at radius 2 is 1.51 bits per heavy atom. The lowest BCUT2D eigenvalue weighted by atomic mass is 9.49. The van der Waals surface area contributed by atoms with Crippen molar-refractivity contribution in [3.05, 3.63) is 123 Å². The minimum atomic E-state index is -1.59. The number of allylic oxidation sites excluding steroid dienone is 2. The lowest BCUT2D eigenvalue weighted by Crippen LogP contribution is -2.53. The number of hydrazine groups is 1. The molecule has 270 valence electrons. The lowest BCUT2D eigenvalue weighted by Gasteiger charge is -2.50. The van der Waals surface area contributed by atoms with Gasteiger partial charge in [0.15, 0.2) is 0 Å². The molecule has 2 saturated heterocycles. The van der Waals surface area contributed by atoms with Gasteiger partial charge >= 0.3 is 0 Å². The molecular formula is C40H32Cl3N3O7. The predicted molar refractivity (Wildman–Crippen MR) is 199 cm³/mol. The zero-order valence-electron chi connectivity index (χ0n) is 28.4. The molecule has 3 fully saturated rings. The van der Waals surface area contributed by atoms with Crippen LogP contribution in [-0.2, 0) is 24.6 Å². The van der Waals surface area contributed by atoms with Gasteiger partial charge in [-0.2, -0.15) is 5.01 Å². The standard InChI is InChI=1S/C40H32Cl3N3O7/c1-52-25-11-3-20(4-12-25)40-30(37(49)46(39(40)51)44-32-16-7-22(42)17-31(32)43)19-29-26(35(40)27-13-10-24(47)18-33(27)53-2)14-15-28-34(29)38(50)45(36(28)48)23-8-5-21(41)6-9-23/h3-14,16-18,28-30,34-35,44,47H,15,19H2,1-2H3/t28-,29+,30-,34-,35+,40+/m0/s1. The Morgan fingerprint density at radius 1 is 0.792 bits per heavy atom. The largest absolute Gasteiger partial charge is 0.508 e. The Bertz CT molecular complexity index is 2230. The number of anilines is 2. The van der Waals surface area contributed by atoms with E-state index in [0.717, 1.165) is 10.6 Å². The second-order valence-electron chi connectivity index (χ2n) is 13.6. The molecule has 4 aromatic carbocycles. The van der Waals surface area contributed by atoms with E-state index in [-0.39, 0.29) is 46.9 Å². The molecule has 4 aromatic rings. The molecular weight excluding hydrogens is 741 g/mol. The summed E-state index contributed by atoms with van der Waals surface area (Å²) in [4.78, 5) is 60.1. The van der Waals surface area contributed by atoms with Crippen molar-refractivity contribution in [2.24, 2.45) is 23.7 Å². The van der Waals surface area contributed by atoms with Crippen LogP contribution in [0.15, 0.2) is 96.6 Å². The van der Waals surface area contributed by atoms with Crippen LogP contribution in [0.5, 0.6) is 17.2 Å². The number of aromatic hydroxyl groups is 1. The van der Waals surface area contributed by atoms with Gasteiger partial charge in [-0.15, -0.1) is 0 Å². The van der Waals surface area contributed by atoms with E-state index in [1.165, 1.54) is 37.3 Å². The number of imide groups is 2. The average Bonchev–Trinajstić information content (AvgIpc) is 3.53. The van der Waals surface area contributed by atoms with Crippen LogP contribution in [0.3, 0.4) is 0 Å². The third-order valence-corrected chi connectivity index (χ3v) is 12.0. The highest BCUT2D eigenvalue weighted by Gasteiger charge is 2.70. The highest BCUT2D eigenvalue weighted by molar-refractivity contribution is 6.36. The fourth-order valence-electron chi connectivity index (χ4n) is 8.97. The summed E-state index contributed by atoms with van der Waals surface area (Å²) in [6.45, 7) is 0. The molecule has 4 aliphatic rings. The van der Waals surface area contributed by atoms with Crippen molar-refractivity contribution in [2.75, 3.05) is 24.5 Å². The molecule has 2 aliphatic carbocycles. The normalized spacial score (nSPS) is 26.2. The molecule has 1 saturated carbocycles. The number of hydrogen-bond acceptors (Lipinski definition) is 8.